The number of hydrogen-bond acceptors (Lipinski definition) is 5. The Balaban J connectivity index is 1.50. The number of hydrogen-bond donors (Lipinski definition) is 1. The summed E-state index contributed by atoms with van der Waals surface area (Å²) in [7, 11) is 0. The summed E-state index contributed by atoms with van der Waals surface area (Å²) in [5, 5.41) is 12.6. The fourth-order valence-corrected chi connectivity index (χ4v) is 4.27. The largest absolute Gasteiger partial charge is 0.346 e. The van der Waals surface area contributed by atoms with Crippen LogP contribution in [-0.2, 0) is 11.3 Å². The molecule has 1 aromatic carbocycles. The van der Waals surface area contributed by atoms with Gasteiger partial charge in [0.2, 0.25) is 5.91 Å². The molecular weight excluding hydrogens is 410 g/mol. The second-order valence-electron chi connectivity index (χ2n) is 7.45. The lowest BCUT2D eigenvalue weighted by Gasteiger charge is -2.17. The van der Waals surface area contributed by atoms with Gasteiger partial charge in [0, 0.05) is 41.8 Å². The molecule has 7 nitrogen and oxygen atoms in total. The van der Waals surface area contributed by atoms with Crippen LogP contribution in [0.15, 0.2) is 54.9 Å². The first-order chi connectivity index (χ1) is 15.1. The second-order valence-corrected chi connectivity index (χ2v) is 8.43. The van der Waals surface area contributed by atoms with Crippen LogP contribution < -0.4 is 5.32 Å². The number of aromatic nitrogens is 4. The molecule has 31 heavy (non-hydrogen) atoms. The van der Waals surface area contributed by atoms with Crippen LogP contribution in [0, 0.1) is 0 Å². The van der Waals surface area contributed by atoms with Crippen LogP contribution in [0.4, 0.5) is 0 Å². The van der Waals surface area contributed by atoms with Gasteiger partial charge in [0.15, 0.2) is 17.3 Å². The van der Waals surface area contributed by atoms with E-state index < -0.39 is 0 Å². The van der Waals surface area contributed by atoms with Crippen LogP contribution in [0.5, 0.6) is 0 Å². The number of carbonyl (C=O) groups is 2. The highest BCUT2D eigenvalue weighted by molar-refractivity contribution is 7.98. The number of pyridine rings is 1. The molecule has 0 fully saturated rings. The molecule has 0 aliphatic heterocycles. The van der Waals surface area contributed by atoms with E-state index in [1.54, 1.807) is 18.7 Å². The zero-order valence-corrected chi connectivity index (χ0v) is 18.4. The van der Waals surface area contributed by atoms with Crippen LogP contribution in [-0.4, -0.2) is 42.9 Å². The highest BCUT2D eigenvalue weighted by atomic mass is 32.2. The van der Waals surface area contributed by atoms with E-state index in [1.165, 1.54) is 0 Å². The molecule has 0 saturated carbocycles. The Labute approximate surface area is 184 Å². The average molecular weight is 436 g/mol. The van der Waals surface area contributed by atoms with E-state index in [9.17, 15) is 9.59 Å². The summed E-state index contributed by atoms with van der Waals surface area (Å²) in [5.74, 6) is 1.61. The first kappa shape index (κ1) is 21.1. The van der Waals surface area contributed by atoms with E-state index in [1.807, 2.05) is 70.1 Å². The summed E-state index contributed by atoms with van der Waals surface area (Å²) in [6.45, 7) is 2.06. The Kier molecular flexibility index (Phi) is 6.36. The molecule has 0 unspecified atom stereocenters. The smallest absolute Gasteiger partial charge is 0.222 e. The molecule has 1 atom stereocenters. The van der Waals surface area contributed by atoms with Gasteiger partial charge in [-0.05, 0) is 43.6 Å². The van der Waals surface area contributed by atoms with Crippen molar-refractivity contribution in [1.82, 2.24) is 24.5 Å². The number of aryl methyl sites for hydroxylation is 1. The third-order valence-corrected chi connectivity index (χ3v) is 5.99. The van der Waals surface area contributed by atoms with E-state index >= 15 is 0 Å². The number of Topliss-reactive ketones (excluding diaryl/α,β-unsaturated/α-hetero) is 1. The summed E-state index contributed by atoms with van der Waals surface area (Å²) >= 11 is 1.73. The van der Waals surface area contributed by atoms with Crippen molar-refractivity contribution >= 4 is 40.0 Å². The molecule has 0 aliphatic carbocycles. The molecule has 0 bridgehead atoms. The van der Waals surface area contributed by atoms with Crippen LogP contribution in [0.25, 0.3) is 16.6 Å². The van der Waals surface area contributed by atoms with Crippen molar-refractivity contribution in [3.8, 4) is 0 Å². The molecule has 0 saturated heterocycles. The van der Waals surface area contributed by atoms with E-state index in [0.29, 0.717) is 18.5 Å². The number of rotatable bonds is 9. The van der Waals surface area contributed by atoms with Crippen LogP contribution in [0.2, 0.25) is 0 Å². The monoisotopic (exact) mass is 435 g/mol. The van der Waals surface area contributed by atoms with Gasteiger partial charge in [-0.2, -0.15) is 11.8 Å². The van der Waals surface area contributed by atoms with Gasteiger partial charge in [-0.3, -0.25) is 14.0 Å². The predicted molar refractivity (Wildman–Crippen MR) is 123 cm³/mol. The number of nitrogens with one attached hydrogen (secondary N) is 1. The zero-order chi connectivity index (χ0) is 21.8. The van der Waals surface area contributed by atoms with Crippen molar-refractivity contribution in [2.45, 2.75) is 32.4 Å². The molecule has 1 amide bonds. The normalized spacial score (nSPS) is 12.3. The van der Waals surface area contributed by atoms with Gasteiger partial charge in [0.1, 0.15) is 0 Å². The minimum absolute atomic E-state index is 0.0233. The molecule has 8 heteroatoms. The number of fused-ring (bicyclic) bond motifs is 2. The number of ketones is 1. The number of amides is 1. The van der Waals surface area contributed by atoms with Crippen molar-refractivity contribution in [2.24, 2.45) is 0 Å². The fraction of sp³-hybridized carbons (Fsp3) is 0.304. The Morgan fingerprint density at radius 2 is 1.94 bits per heavy atom. The van der Waals surface area contributed by atoms with E-state index in [4.69, 9.17) is 0 Å². The number of carbonyl (C=O) groups excluding carboxylic acids is 2. The van der Waals surface area contributed by atoms with Crippen LogP contribution in [0.3, 0.4) is 0 Å². The first-order valence-electron chi connectivity index (χ1n) is 10.2. The predicted octanol–water partition coefficient (Wildman–Crippen LogP) is 3.89. The van der Waals surface area contributed by atoms with Gasteiger partial charge in [-0.25, -0.2) is 0 Å². The van der Waals surface area contributed by atoms with Crippen molar-refractivity contribution < 1.29 is 9.59 Å². The Morgan fingerprint density at radius 3 is 2.74 bits per heavy atom. The lowest BCUT2D eigenvalue weighted by molar-refractivity contribution is -0.122. The number of benzene rings is 1. The fourth-order valence-electron chi connectivity index (χ4n) is 3.80. The molecule has 4 aromatic rings. The van der Waals surface area contributed by atoms with Crippen LogP contribution >= 0.6 is 11.8 Å². The summed E-state index contributed by atoms with van der Waals surface area (Å²) in [6, 6.07) is 13.3. The van der Waals surface area contributed by atoms with Gasteiger partial charge in [0.25, 0.3) is 0 Å². The topological polar surface area (TPSA) is 81.3 Å². The van der Waals surface area contributed by atoms with Gasteiger partial charge in [-0.1, -0.05) is 24.3 Å². The van der Waals surface area contributed by atoms with Gasteiger partial charge in [0.05, 0.1) is 6.04 Å². The Hall–Kier alpha value is -3.13. The third kappa shape index (κ3) is 4.49. The number of thioether (sulfide) groups is 1. The van der Waals surface area contributed by atoms with Crippen molar-refractivity contribution in [3.63, 3.8) is 0 Å². The highest BCUT2D eigenvalue weighted by Crippen LogP contribution is 2.23. The van der Waals surface area contributed by atoms with Crippen molar-refractivity contribution in [3.05, 3.63) is 66.2 Å². The maximum atomic E-state index is 12.8. The van der Waals surface area contributed by atoms with E-state index in [2.05, 4.69) is 15.5 Å². The maximum Gasteiger partial charge on any atom is 0.222 e. The van der Waals surface area contributed by atoms with Gasteiger partial charge < -0.3 is 9.88 Å². The summed E-state index contributed by atoms with van der Waals surface area (Å²) in [4.78, 5) is 24.8. The molecule has 3 aromatic heterocycles. The summed E-state index contributed by atoms with van der Waals surface area (Å²) < 4.78 is 3.90. The Morgan fingerprint density at radius 1 is 1.13 bits per heavy atom. The maximum absolute atomic E-state index is 12.8. The van der Waals surface area contributed by atoms with Crippen molar-refractivity contribution in [1.29, 1.82) is 0 Å². The molecular formula is C23H25N5O2S. The summed E-state index contributed by atoms with van der Waals surface area (Å²) in [5.41, 5.74) is 2.41. The average Bonchev–Trinajstić information content (AvgIpc) is 3.37. The molecule has 1 N–H and O–H groups in total. The lowest BCUT2D eigenvalue weighted by Crippen LogP contribution is -2.31. The minimum Gasteiger partial charge on any atom is -0.346 e. The SMILES string of the molecule is CSCC[C@H](NC(=O)CCn1cc(C(C)=O)c2ccccc21)c1nnc2ccccn12. The third-order valence-electron chi connectivity index (χ3n) is 5.35. The highest BCUT2D eigenvalue weighted by Gasteiger charge is 2.20. The van der Waals surface area contributed by atoms with E-state index in [0.717, 1.165) is 34.5 Å². The summed E-state index contributed by atoms with van der Waals surface area (Å²) in [6.07, 6.45) is 6.88. The molecule has 4 rings (SSSR count). The number of para-hydroxylation sites is 1. The van der Waals surface area contributed by atoms with E-state index in [-0.39, 0.29) is 17.7 Å². The molecule has 0 aliphatic rings. The molecule has 3 heterocycles. The lowest BCUT2D eigenvalue weighted by atomic mass is 10.1. The first-order valence-corrected chi connectivity index (χ1v) is 11.6. The zero-order valence-electron chi connectivity index (χ0n) is 17.6. The van der Waals surface area contributed by atoms with Gasteiger partial charge in [-0.15, -0.1) is 10.2 Å². The Bertz CT molecular complexity index is 1230. The van der Waals surface area contributed by atoms with Crippen LogP contribution in [0.1, 0.15) is 42.0 Å². The standard InChI is InChI=1S/C23H25N5O2S/c1-16(29)18-15-27(20-8-4-3-7-17(18)20)13-10-22(30)24-19(11-14-31-2)23-26-25-21-9-5-6-12-28(21)23/h3-9,12,15,19H,10-11,13-14H2,1-2H3,(H,24,30)/t19-/m0/s1. The minimum atomic E-state index is -0.216. The molecule has 0 radical (unpaired) electrons. The molecule has 0 spiro atoms. The second kappa shape index (κ2) is 9.34. The molecule has 160 valence electrons. The quantitative estimate of drug-likeness (QED) is 0.404. The number of nitrogens with zero attached hydrogens (tertiary/aromatic N) is 4. The van der Waals surface area contributed by atoms with Crippen molar-refractivity contribution in [2.75, 3.05) is 12.0 Å². The van der Waals surface area contributed by atoms with Gasteiger partial charge >= 0.3 is 0 Å².